The first kappa shape index (κ1) is 13.8. The van der Waals surface area contributed by atoms with Crippen molar-refractivity contribution in [3.8, 4) is 0 Å². The molecule has 6 heteroatoms. The van der Waals surface area contributed by atoms with Gasteiger partial charge in [-0.15, -0.1) is 0 Å². The predicted octanol–water partition coefficient (Wildman–Crippen LogP) is -0.160. The Balaban J connectivity index is 1.91. The maximum atomic E-state index is 13.1. The number of nitrogens with two attached hydrogens (primary N) is 1. The van der Waals surface area contributed by atoms with E-state index >= 15 is 0 Å². The molecule has 19 heavy (non-hydrogen) atoms. The van der Waals surface area contributed by atoms with Gasteiger partial charge in [-0.05, 0) is 24.6 Å². The van der Waals surface area contributed by atoms with E-state index in [1.165, 1.54) is 12.1 Å². The molecule has 0 radical (unpaired) electrons. The fraction of sp³-hybridized carbons (Fsp3) is 0.462. The van der Waals surface area contributed by atoms with Crippen molar-refractivity contribution in [1.82, 2.24) is 5.32 Å². The number of hydrogen-bond acceptors (Lipinski definition) is 4. The molecule has 1 aromatic carbocycles. The monoisotopic (exact) mass is 267 g/mol. The molecule has 1 aliphatic heterocycles. The molecule has 0 aliphatic carbocycles. The van der Waals surface area contributed by atoms with Crippen LogP contribution in [0, 0.1) is 5.82 Å². The van der Waals surface area contributed by atoms with Crippen molar-refractivity contribution in [1.29, 1.82) is 0 Å². The number of carbonyl (C=O) groups excluding carboxylic acids is 1. The molecule has 5 nitrogen and oxygen atoms in total. The molecular formula is C13H18FN3O2. The molecule has 2 unspecified atom stereocenters. The number of rotatable bonds is 4. The lowest BCUT2D eigenvalue weighted by atomic mass is 10.2. The molecule has 1 fully saturated rings. The lowest BCUT2D eigenvalue weighted by Crippen LogP contribution is -2.47. The molecule has 1 heterocycles. The van der Waals surface area contributed by atoms with Gasteiger partial charge in [-0.1, -0.05) is 6.07 Å². The van der Waals surface area contributed by atoms with Crippen LogP contribution in [-0.2, 0) is 4.79 Å². The minimum Gasteiger partial charge on any atom is -0.394 e. The molecular weight excluding hydrogens is 249 g/mol. The quantitative estimate of drug-likeness (QED) is 0.708. The first-order valence-corrected chi connectivity index (χ1v) is 6.27. The second-order valence-corrected chi connectivity index (χ2v) is 4.71. The Morgan fingerprint density at radius 2 is 2.42 bits per heavy atom. The van der Waals surface area contributed by atoms with E-state index in [9.17, 15) is 9.18 Å². The molecule has 104 valence electrons. The highest BCUT2D eigenvalue weighted by Gasteiger charge is 2.25. The van der Waals surface area contributed by atoms with Gasteiger partial charge in [0.2, 0.25) is 5.91 Å². The lowest BCUT2D eigenvalue weighted by molar-refractivity contribution is -0.123. The van der Waals surface area contributed by atoms with Crippen molar-refractivity contribution >= 4 is 11.6 Å². The third-order valence-corrected chi connectivity index (χ3v) is 3.24. The van der Waals surface area contributed by atoms with Gasteiger partial charge in [0.05, 0.1) is 6.61 Å². The van der Waals surface area contributed by atoms with E-state index in [0.29, 0.717) is 6.54 Å². The smallest absolute Gasteiger partial charge is 0.239 e. The molecule has 1 saturated heterocycles. The molecule has 1 aliphatic rings. The summed E-state index contributed by atoms with van der Waals surface area (Å²) in [5.41, 5.74) is 6.24. The predicted molar refractivity (Wildman–Crippen MR) is 70.2 cm³/mol. The summed E-state index contributed by atoms with van der Waals surface area (Å²) in [6.07, 6.45) is 0.778. The molecule has 0 saturated carbocycles. The van der Waals surface area contributed by atoms with E-state index in [-0.39, 0.29) is 24.4 Å². The topological polar surface area (TPSA) is 78.6 Å². The standard InChI is InChI=1S/C13H18FN3O2/c14-9-2-1-3-11(6-9)17-5-4-10(7-17)16-13(19)12(15)8-18/h1-3,6,10,12,18H,4-5,7-8,15H2,(H,16,19). The zero-order chi connectivity index (χ0) is 13.8. The third-order valence-electron chi connectivity index (χ3n) is 3.24. The summed E-state index contributed by atoms with van der Waals surface area (Å²) in [5, 5.41) is 11.6. The number of amides is 1. The minimum absolute atomic E-state index is 0.0200. The van der Waals surface area contributed by atoms with E-state index in [4.69, 9.17) is 10.8 Å². The number of halogens is 1. The van der Waals surface area contributed by atoms with Crippen molar-refractivity contribution in [2.45, 2.75) is 18.5 Å². The Hall–Kier alpha value is -1.66. The molecule has 2 atom stereocenters. The van der Waals surface area contributed by atoms with Gasteiger partial charge in [0.1, 0.15) is 11.9 Å². The second-order valence-electron chi connectivity index (χ2n) is 4.71. The molecule has 0 spiro atoms. The summed E-state index contributed by atoms with van der Waals surface area (Å²) >= 11 is 0. The summed E-state index contributed by atoms with van der Waals surface area (Å²) in [6.45, 7) is 1.00. The minimum atomic E-state index is -0.886. The maximum Gasteiger partial charge on any atom is 0.239 e. The van der Waals surface area contributed by atoms with Crippen LogP contribution in [0.5, 0.6) is 0 Å². The zero-order valence-electron chi connectivity index (χ0n) is 10.6. The van der Waals surface area contributed by atoms with Gasteiger partial charge >= 0.3 is 0 Å². The van der Waals surface area contributed by atoms with Crippen LogP contribution >= 0.6 is 0 Å². The summed E-state index contributed by atoms with van der Waals surface area (Å²) in [5.74, 6) is -0.624. The molecule has 0 aromatic heterocycles. The Morgan fingerprint density at radius 1 is 1.63 bits per heavy atom. The van der Waals surface area contributed by atoms with Gasteiger partial charge in [0, 0.05) is 24.8 Å². The fourth-order valence-corrected chi connectivity index (χ4v) is 2.18. The van der Waals surface area contributed by atoms with Crippen LogP contribution in [0.1, 0.15) is 6.42 Å². The second kappa shape index (κ2) is 5.99. The summed E-state index contributed by atoms with van der Waals surface area (Å²) in [7, 11) is 0. The van der Waals surface area contributed by atoms with Crippen molar-refractivity contribution in [2.75, 3.05) is 24.6 Å². The highest BCUT2D eigenvalue weighted by Crippen LogP contribution is 2.20. The summed E-state index contributed by atoms with van der Waals surface area (Å²) < 4.78 is 13.1. The van der Waals surface area contributed by atoms with Crippen LogP contribution in [-0.4, -0.2) is 42.8 Å². The van der Waals surface area contributed by atoms with Gasteiger partial charge in [0.15, 0.2) is 0 Å². The van der Waals surface area contributed by atoms with Gasteiger partial charge in [-0.25, -0.2) is 4.39 Å². The van der Waals surface area contributed by atoms with E-state index in [0.717, 1.165) is 18.7 Å². The average Bonchev–Trinajstić information content (AvgIpc) is 2.86. The Labute approximate surface area is 111 Å². The van der Waals surface area contributed by atoms with Crippen molar-refractivity contribution in [2.24, 2.45) is 5.73 Å². The molecule has 4 N–H and O–H groups in total. The summed E-state index contributed by atoms with van der Waals surface area (Å²) in [6, 6.07) is 5.48. The van der Waals surface area contributed by atoms with Gasteiger partial charge in [-0.2, -0.15) is 0 Å². The Bertz CT molecular complexity index is 455. The largest absolute Gasteiger partial charge is 0.394 e. The number of carbonyl (C=O) groups is 1. The van der Waals surface area contributed by atoms with Gasteiger partial charge in [0.25, 0.3) is 0 Å². The van der Waals surface area contributed by atoms with E-state index < -0.39 is 6.04 Å². The Kier molecular flexibility index (Phi) is 4.34. The highest BCUT2D eigenvalue weighted by molar-refractivity contribution is 5.82. The zero-order valence-corrected chi connectivity index (χ0v) is 10.6. The lowest BCUT2D eigenvalue weighted by Gasteiger charge is -2.19. The van der Waals surface area contributed by atoms with E-state index in [2.05, 4.69) is 5.32 Å². The SMILES string of the molecule is NC(CO)C(=O)NC1CCN(c2cccc(F)c2)C1. The molecule has 2 rings (SSSR count). The van der Waals surface area contributed by atoms with Crippen molar-refractivity contribution < 1.29 is 14.3 Å². The number of aliphatic hydroxyl groups excluding tert-OH is 1. The number of benzene rings is 1. The van der Waals surface area contributed by atoms with Gasteiger partial charge in [-0.3, -0.25) is 4.79 Å². The van der Waals surface area contributed by atoms with E-state index in [1.54, 1.807) is 6.07 Å². The van der Waals surface area contributed by atoms with Crippen LogP contribution in [0.2, 0.25) is 0 Å². The first-order chi connectivity index (χ1) is 9.10. The highest BCUT2D eigenvalue weighted by atomic mass is 19.1. The average molecular weight is 267 g/mol. The Morgan fingerprint density at radius 3 is 3.11 bits per heavy atom. The summed E-state index contributed by atoms with van der Waals surface area (Å²) in [4.78, 5) is 13.6. The van der Waals surface area contributed by atoms with Crippen LogP contribution < -0.4 is 16.0 Å². The van der Waals surface area contributed by atoms with Crippen LogP contribution in [0.4, 0.5) is 10.1 Å². The van der Waals surface area contributed by atoms with Crippen LogP contribution in [0.25, 0.3) is 0 Å². The molecule has 1 amide bonds. The third kappa shape index (κ3) is 3.42. The fourth-order valence-electron chi connectivity index (χ4n) is 2.18. The van der Waals surface area contributed by atoms with Crippen molar-refractivity contribution in [3.05, 3.63) is 30.1 Å². The van der Waals surface area contributed by atoms with E-state index in [1.807, 2.05) is 11.0 Å². The molecule has 1 aromatic rings. The van der Waals surface area contributed by atoms with Crippen molar-refractivity contribution in [3.63, 3.8) is 0 Å². The number of nitrogens with one attached hydrogen (secondary N) is 1. The number of nitrogens with zero attached hydrogens (tertiary/aromatic N) is 1. The number of anilines is 1. The maximum absolute atomic E-state index is 13.1. The number of hydrogen-bond donors (Lipinski definition) is 3. The van der Waals surface area contributed by atoms with Crippen LogP contribution in [0.3, 0.4) is 0 Å². The number of aliphatic hydroxyl groups is 1. The van der Waals surface area contributed by atoms with Crippen LogP contribution in [0.15, 0.2) is 24.3 Å². The van der Waals surface area contributed by atoms with Gasteiger partial charge < -0.3 is 21.1 Å². The first-order valence-electron chi connectivity index (χ1n) is 6.27. The normalized spacial score (nSPS) is 20.4. The molecule has 0 bridgehead atoms.